The van der Waals surface area contributed by atoms with E-state index in [1.165, 1.54) is 65.9 Å². The van der Waals surface area contributed by atoms with Crippen LogP contribution in [-0.2, 0) is 0 Å². The Labute approximate surface area is 326 Å². The van der Waals surface area contributed by atoms with Crippen LogP contribution in [0.5, 0.6) is 0 Å². The van der Waals surface area contributed by atoms with Crippen molar-refractivity contribution in [1.82, 2.24) is 19.8 Å². The first-order valence-corrected chi connectivity index (χ1v) is 19.8. The molecule has 3 heterocycles. The summed E-state index contributed by atoms with van der Waals surface area (Å²) in [6, 6.07) is 53.1. The number of hydrogen-bond donors (Lipinski definition) is 3. The number of amidine groups is 1. The summed E-state index contributed by atoms with van der Waals surface area (Å²) < 4.78 is 5.05. The maximum Gasteiger partial charge on any atom is 0.278 e. The number of allylic oxidation sites excluding steroid dienone is 5. The van der Waals surface area contributed by atoms with Crippen LogP contribution in [0.25, 0.3) is 60.4 Å². The predicted octanol–water partition coefficient (Wildman–Crippen LogP) is 9.63. The van der Waals surface area contributed by atoms with Gasteiger partial charge in [0, 0.05) is 38.3 Å². The van der Waals surface area contributed by atoms with Crippen molar-refractivity contribution >= 4 is 49.4 Å². The van der Waals surface area contributed by atoms with Crippen molar-refractivity contribution in [1.29, 1.82) is 0 Å². The molecule has 2 aromatic heterocycles. The molecule has 0 radical (unpaired) electrons. The van der Waals surface area contributed by atoms with Gasteiger partial charge in [-0.25, -0.2) is 5.32 Å². The number of nitrogens with one attached hydrogen (secondary N) is 3. The second kappa shape index (κ2) is 13.6. The summed E-state index contributed by atoms with van der Waals surface area (Å²) >= 11 is 0. The molecule has 0 saturated heterocycles. The van der Waals surface area contributed by atoms with E-state index in [0.717, 1.165) is 36.3 Å². The number of rotatable bonds is 6. The lowest BCUT2D eigenvalue weighted by Crippen LogP contribution is -2.92. The van der Waals surface area contributed by atoms with Gasteiger partial charge in [-0.2, -0.15) is 0 Å². The quantitative estimate of drug-likeness (QED) is 0.160. The van der Waals surface area contributed by atoms with E-state index in [2.05, 4.69) is 207 Å². The molecule has 5 heteroatoms. The third kappa shape index (κ3) is 5.54. The second-order valence-corrected chi connectivity index (χ2v) is 15.2. The normalized spacial score (nSPS) is 19.6. The lowest BCUT2D eigenvalue weighted by molar-refractivity contribution is -0.508. The number of aromatic nitrogens is 2. The average Bonchev–Trinajstić information content (AvgIpc) is 3.78. The molecule has 2 aliphatic carbocycles. The molecule has 3 aliphatic rings. The number of benzene rings is 6. The molecule has 0 saturated carbocycles. The molecule has 8 aromatic rings. The van der Waals surface area contributed by atoms with Gasteiger partial charge in [0.2, 0.25) is 0 Å². The first-order valence-electron chi connectivity index (χ1n) is 19.8. The molecule has 11 rings (SSSR count). The van der Waals surface area contributed by atoms with E-state index in [4.69, 9.17) is 0 Å². The van der Waals surface area contributed by atoms with Crippen molar-refractivity contribution in [2.75, 3.05) is 0 Å². The molecule has 0 bridgehead atoms. The molecule has 0 amide bonds. The Morgan fingerprint density at radius 3 is 2.11 bits per heavy atom. The van der Waals surface area contributed by atoms with Gasteiger partial charge in [0.25, 0.3) is 5.84 Å². The molecule has 3 unspecified atom stereocenters. The number of nitrogens with zero attached hydrogens (tertiary/aromatic N) is 2. The fraction of sp³-hybridized carbons (Fsp3) is 0.118. The summed E-state index contributed by atoms with van der Waals surface area (Å²) in [6.45, 7) is 0. The highest BCUT2D eigenvalue weighted by atomic mass is 15.3. The number of para-hydroxylation sites is 2. The van der Waals surface area contributed by atoms with E-state index in [1.54, 1.807) is 0 Å². The van der Waals surface area contributed by atoms with Gasteiger partial charge < -0.3 is 9.13 Å². The molecule has 0 spiro atoms. The topological polar surface area (TPSA) is 47.9 Å². The van der Waals surface area contributed by atoms with Crippen molar-refractivity contribution in [2.24, 2.45) is 0 Å². The van der Waals surface area contributed by atoms with E-state index in [1.807, 2.05) is 0 Å². The van der Waals surface area contributed by atoms with E-state index in [-0.39, 0.29) is 18.4 Å². The smallest absolute Gasteiger partial charge is 0.278 e. The standard InChI is InChI=1S/C51H41N5/c1-4-16-34(17-5-1)37-22-14-24-39(30-37)55-45-28-12-10-26-41(45)43-32-44-42-27-11-13-29-46(42)56(48(44)33-47(43)55)40-25-15-23-38(31-40)51-53-49(35-18-6-2-7-19-35)52-50(54-51)36-20-8-3-9-21-36/h1-8,10-20,22-24,26-33,40,50-51,54H,9,21,25H2,(H,52,53)/p+1. The Kier molecular flexibility index (Phi) is 7.92. The Morgan fingerprint density at radius 2 is 1.30 bits per heavy atom. The van der Waals surface area contributed by atoms with Crippen molar-refractivity contribution in [3.8, 4) is 16.8 Å². The number of hydrogen-bond acceptors (Lipinski definition) is 2. The Morgan fingerprint density at radius 1 is 0.589 bits per heavy atom. The highest BCUT2D eigenvalue weighted by Crippen LogP contribution is 2.41. The van der Waals surface area contributed by atoms with Crippen LogP contribution in [0.1, 0.15) is 30.9 Å². The summed E-state index contributed by atoms with van der Waals surface area (Å²) in [7, 11) is 0. The van der Waals surface area contributed by atoms with E-state index >= 15 is 0 Å². The summed E-state index contributed by atoms with van der Waals surface area (Å²) in [5.74, 6) is 1.05. The Balaban J connectivity index is 1.06. The minimum Gasteiger partial charge on any atom is -0.333 e. The van der Waals surface area contributed by atoms with E-state index in [0.29, 0.717) is 0 Å². The lowest BCUT2D eigenvalue weighted by Gasteiger charge is -2.31. The SMILES string of the molecule is C1=CCCC(C2NC(C3=CC(n4c5ccccc5c5cc6c7ccccc7n(-c7cccc(-c8ccccc8)c7)c6cc54)CC=C3)NC(c3ccccc3)=[NH+]2)=C1. The molecular weight excluding hydrogens is 683 g/mol. The van der Waals surface area contributed by atoms with Gasteiger partial charge >= 0.3 is 0 Å². The minimum atomic E-state index is -0.0680. The van der Waals surface area contributed by atoms with Crippen LogP contribution < -0.4 is 15.6 Å². The molecule has 0 fully saturated rings. The molecule has 6 aromatic carbocycles. The minimum absolute atomic E-state index is 0.0277. The van der Waals surface area contributed by atoms with E-state index < -0.39 is 0 Å². The van der Waals surface area contributed by atoms with Crippen LogP contribution in [-0.4, -0.2) is 27.3 Å². The Hall–Kier alpha value is -6.69. The third-order valence-electron chi connectivity index (χ3n) is 11.8. The highest BCUT2D eigenvalue weighted by molar-refractivity contribution is 6.18. The number of fused-ring (bicyclic) bond motifs is 6. The van der Waals surface area contributed by atoms with Crippen LogP contribution in [0.3, 0.4) is 0 Å². The van der Waals surface area contributed by atoms with Crippen molar-refractivity contribution in [3.63, 3.8) is 0 Å². The first-order chi connectivity index (χ1) is 27.8. The van der Waals surface area contributed by atoms with Gasteiger partial charge in [0.15, 0.2) is 12.3 Å². The van der Waals surface area contributed by atoms with Gasteiger partial charge in [0.05, 0.1) is 28.2 Å². The molecule has 56 heavy (non-hydrogen) atoms. The van der Waals surface area contributed by atoms with E-state index in [9.17, 15) is 0 Å². The van der Waals surface area contributed by atoms with Crippen LogP contribution >= 0.6 is 0 Å². The fourth-order valence-corrected chi connectivity index (χ4v) is 9.21. The molecule has 3 N–H and O–H groups in total. The monoisotopic (exact) mass is 724 g/mol. The van der Waals surface area contributed by atoms with Gasteiger partial charge in [-0.1, -0.05) is 134 Å². The molecule has 5 nitrogen and oxygen atoms in total. The fourth-order valence-electron chi connectivity index (χ4n) is 9.21. The first kappa shape index (κ1) is 32.7. The van der Waals surface area contributed by atoms with Gasteiger partial charge in [-0.05, 0) is 84.5 Å². The van der Waals surface area contributed by atoms with Crippen molar-refractivity contribution in [2.45, 2.75) is 37.6 Å². The zero-order chi connectivity index (χ0) is 37.0. The molecule has 1 aliphatic heterocycles. The molecule has 3 atom stereocenters. The van der Waals surface area contributed by atoms with Crippen LogP contribution in [0.2, 0.25) is 0 Å². The van der Waals surface area contributed by atoms with Crippen LogP contribution in [0.15, 0.2) is 193 Å². The summed E-state index contributed by atoms with van der Waals surface area (Å²) in [5.41, 5.74) is 12.3. The van der Waals surface area contributed by atoms with Gasteiger partial charge in [-0.15, -0.1) is 0 Å². The zero-order valence-electron chi connectivity index (χ0n) is 31.1. The summed E-state index contributed by atoms with van der Waals surface area (Å²) in [4.78, 5) is 3.79. The highest BCUT2D eigenvalue weighted by Gasteiger charge is 2.33. The largest absolute Gasteiger partial charge is 0.333 e. The maximum absolute atomic E-state index is 3.94. The molecule has 270 valence electrons. The lowest BCUT2D eigenvalue weighted by atomic mass is 9.97. The summed E-state index contributed by atoms with van der Waals surface area (Å²) in [6.07, 6.45) is 16.8. The zero-order valence-corrected chi connectivity index (χ0v) is 31.1. The summed E-state index contributed by atoms with van der Waals surface area (Å²) in [5, 5.41) is 12.9. The third-order valence-corrected chi connectivity index (χ3v) is 11.8. The maximum atomic E-state index is 3.94. The van der Waals surface area contributed by atoms with Crippen LogP contribution in [0, 0.1) is 0 Å². The average molecular weight is 725 g/mol. The van der Waals surface area contributed by atoms with Crippen LogP contribution in [0.4, 0.5) is 0 Å². The van der Waals surface area contributed by atoms with Gasteiger partial charge in [0.1, 0.15) is 0 Å². The van der Waals surface area contributed by atoms with Crippen molar-refractivity contribution < 1.29 is 4.99 Å². The predicted molar refractivity (Wildman–Crippen MR) is 232 cm³/mol. The Bertz CT molecular complexity index is 2960. The van der Waals surface area contributed by atoms with Crippen molar-refractivity contribution in [3.05, 3.63) is 199 Å². The second-order valence-electron chi connectivity index (χ2n) is 15.2. The molecular formula is C51H42N5+. The van der Waals surface area contributed by atoms with Gasteiger partial charge in [-0.3, -0.25) is 10.3 Å².